The number of amides is 3. The minimum absolute atomic E-state index is 0.0999. The van der Waals surface area contributed by atoms with Gasteiger partial charge in [-0.3, -0.25) is 19.4 Å². The van der Waals surface area contributed by atoms with E-state index >= 15 is 0 Å². The Bertz CT molecular complexity index is 1570. The Hall–Kier alpha value is -4.46. The van der Waals surface area contributed by atoms with Crippen LogP contribution in [-0.2, 0) is 4.79 Å². The summed E-state index contributed by atoms with van der Waals surface area (Å²) in [6, 6.07) is 22.0. The number of pyridine rings is 1. The second-order valence-corrected chi connectivity index (χ2v) is 12.2. The summed E-state index contributed by atoms with van der Waals surface area (Å²) >= 11 is 0. The van der Waals surface area contributed by atoms with Gasteiger partial charge in [0, 0.05) is 35.2 Å². The van der Waals surface area contributed by atoms with Crippen molar-refractivity contribution in [2.24, 2.45) is 5.41 Å². The number of fused-ring (bicyclic) bond motifs is 3. The van der Waals surface area contributed by atoms with Crippen molar-refractivity contribution in [1.82, 2.24) is 25.1 Å². The Labute approximate surface area is 239 Å². The van der Waals surface area contributed by atoms with E-state index in [1.54, 1.807) is 18.3 Å². The van der Waals surface area contributed by atoms with E-state index in [9.17, 15) is 14.4 Å². The quantitative estimate of drug-likeness (QED) is 0.370. The molecule has 2 aromatic carbocycles. The molecule has 2 fully saturated rings. The van der Waals surface area contributed by atoms with Gasteiger partial charge in [0.15, 0.2) is 0 Å². The summed E-state index contributed by atoms with van der Waals surface area (Å²) in [6.07, 6.45) is 2.45. The Morgan fingerprint density at radius 1 is 0.976 bits per heavy atom. The number of carbonyl (C=O) groups excluding carboxylic acids is 3. The van der Waals surface area contributed by atoms with E-state index in [4.69, 9.17) is 0 Å². The molecule has 6 rings (SSSR count). The lowest BCUT2D eigenvalue weighted by atomic mass is 9.85. The van der Waals surface area contributed by atoms with Crippen LogP contribution in [0.15, 0.2) is 79.0 Å². The summed E-state index contributed by atoms with van der Waals surface area (Å²) in [4.78, 5) is 52.2. The third-order valence-electron chi connectivity index (χ3n) is 8.48. The number of carbonyl (C=O) groups is 3. The highest BCUT2D eigenvalue weighted by Crippen LogP contribution is 2.38. The molecule has 3 amide bonds. The van der Waals surface area contributed by atoms with Gasteiger partial charge in [0.1, 0.15) is 17.4 Å². The smallest absolute Gasteiger partial charge is 0.272 e. The molecule has 0 spiro atoms. The van der Waals surface area contributed by atoms with Crippen LogP contribution in [0.25, 0.3) is 22.0 Å². The van der Waals surface area contributed by atoms with Gasteiger partial charge in [0.2, 0.25) is 5.91 Å². The van der Waals surface area contributed by atoms with Gasteiger partial charge in [-0.1, -0.05) is 75.4 Å². The summed E-state index contributed by atoms with van der Waals surface area (Å²) in [5.41, 5.74) is 3.19. The van der Waals surface area contributed by atoms with Crippen LogP contribution >= 0.6 is 0 Å². The third-order valence-corrected chi connectivity index (χ3v) is 8.48. The van der Waals surface area contributed by atoms with Gasteiger partial charge in [-0.25, -0.2) is 0 Å². The van der Waals surface area contributed by atoms with E-state index in [0.29, 0.717) is 24.4 Å². The molecule has 4 heterocycles. The zero-order valence-electron chi connectivity index (χ0n) is 23.8. The van der Waals surface area contributed by atoms with E-state index in [0.717, 1.165) is 22.0 Å². The van der Waals surface area contributed by atoms with Gasteiger partial charge < -0.3 is 20.1 Å². The van der Waals surface area contributed by atoms with Crippen molar-refractivity contribution in [3.8, 4) is 11.1 Å². The first kappa shape index (κ1) is 26.7. The van der Waals surface area contributed by atoms with Gasteiger partial charge in [-0.05, 0) is 42.5 Å². The summed E-state index contributed by atoms with van der Waals surface area (Å²) in [6.45, 7) is 8.32. The molecule has 2 aliphatic heterocycles. The number of aromatic nitrogens is 2. The second kappa shape index (κ2) is 10.2. The van der Waals surface area contributed by atoms with Crippen molar-refractivity contribution >= 4 is 28.6 Å². The summed E-state index contributed by atoms with van der Waals surface area (Å²) in [5, 5.41) is 3.96. The molecule has 2 saturated heterocycles. The summed E-state index contributed by atoms with van der Waals surface area (Å²) in [7, 11) is 0. The predicted molar refractivity (Wildman–Crippen MR) is 158 cm³/mol. The zero-order valence-corrected chi connectivity index (χ0v) is 23.8. The van der Waals surface area contributed by atoms with Crippen LogP contribution in [0, 0.1) is 5.41 Å². The number of benzene rings is 2. The molecule has 2 bridgehead atoms. The maximum Gasteiger partial charge on any atom is 0.272 e. The standard InChI is InChI=1S/C33H35N5O3/c1-20-28-17-24(19-37(28)31(40)26-15-14-23(18-34-26)21-10-6-5-7-11-21)38(20)32(41)29(33(2,3)4)36-30(39)27-16-22-12-8-9-13-25(22)35-27/h5-16,18,20,24,28-29,35H,17,19H2,1-4H3,(H,36,39)/t20-,24?,28?,29+/m0/s1. The number of H-pyrrole nitrogens is 1. The molecule has 4 atom stereocenters. The molecule has 2 unspecified atom stereocenters. The predicted octanol–water partition coefficient (Wildman–Crippen LogP) is 4.89. The van der Waals surface area contributed by atoms with Crippen molar-refractivity contribution in [3.05, 3.63) is 90.4 Å². The average molecular weight is 550 g/mol. The van der Waals surface area contributed by atoms with Crippen LogP contribution < -0.4 is 5.32 Å². The number of aromatic amines is 1. The van der Waals surface area contributed by atoms with Crippen molar-refractivity contribution in [2.45, 2.75) is 58.3 Å². The van der Waals surface area contributed by atoms with Crippen LogP contribution in [0.3, 0.4) is 0 Å². The molecule has 2 N–H and O–H groups in total. The largest absolute Gasteiger partial charge is 0.351 e. The molecular weight excluding hydrogens is 514 g/mol. The molecule has 0 radical (unpaired) electrons. The summed E-state index contributed by atoms with van der Waals surface area (Å²) in [5.74, 6) is -0.539. The number of hydrogen-bond donors (Lipinski definition) is 2. The maximum atomic E-state index is 14.0. The normalized spacial score (nSPS) is 20.8. The fourth-order valence-electron chi connectivity index (χ4n) is 6.31. The monoisotopic (exact) mass is 549 g/mol. The lowest BCUT2D eigenvalue weighted by Gasteiger charge is -2.42. The highest BCUT2D eigenvalue weighted by Gasteiger charge is 2.54. The number of para-hydroxylation sites is 1. The van der Waals surface area contributed by atoms with Crippen molar-refractivity contribution in [3.63, 3.8) is 0 Å². The number of piperazine rings is 1. The van der Waals surface area contributed by atoms with Gasteiger partial charge in [0.25, 0.3) is 11.8 Å². The van der Waals surface area contributed by atoms with Crippen LogP contribution in [0.2, 0.25) is 0 Å². The van der Waals surface area contributed by atoms with Crippen LogP contribution in [0.4, 0.5) is 0 Å². The van der Waals surface area contributed by atoms with Crippen molar-refractivity contribution < 1.29 is 14.4 Å². The number of nitrogens with one attached hydrogen (secondary N) is 2. The minimum atomic E-state index is -0.723. The first-order chi connectivity index (χ1) is 19.6. The number of rotatable bonds is 5. The Morgan fingerprint density at radius 3 is 2.37 bits per heavy atom. The molecule has 0 saturated carbocycles. The van der Waals surface area contributed by atoms with Crippen molar-refractivity contribution in [2.75, 3.05) is 6.54 Å². The van der Waals surface area contributed by atoms with Crippen LogP contribution in [-0.4, -0.2) is 68.2 Å². The van der Waals surface area contributed by atoms with E-state index in [2.05, 4.69) is 15.3 Å². The lowest BCUT2D eigenvalue weighted by molar-refractivity contribution is -0.140. The van der Waals surface area contributed by atoms with Gasteiger partial charge >= 0.3 is 0 Å². The van der Waals surface area contributed by atoms with Crippen molar-refractivity contribution in [1.29, 1.82) is 0 Å². The summed E-state index contributed by atoms with van der Waals surface area (Å²) < 4.78 is 0. The van der Waals surface area contributed by atoms with Crippen LogP contribution in [0.1, 0.15) is 55.1 Å². The average Bonchev–Trinajstić information content (AvgIpc) is 3.68. The topological polar surface area (TPSA) is 98.4 Å². The second-order valence-electron chi connectivity index (χ2n) is 12.2. The fourth-order valence-corrected chi connectivity index (χ4v) is 6.31. The molecule has 2 aromatic heterocycles. The first-order valence-electron chi connectivity index (χ1n) is 14.1. The van der Waals surface area contributed by atoms with Crippen LogP contribution in [0.5, 0.6) is 0 Å². The first-order valence-corrected chi connectivity index (χ1v) is 14.1. The third kappa shape index (κ3) is 4.88. The van der Waals surface area contributed by atoms with Gasteiger partial charge in [0.05, 0.1) is 12.1 Å². The maximum absolute atomic E-state index is 14.0. The number of likely N-dealkylation sites (tertiary alicyclic amines) is 2. The molecule has 4 aromatic rings. The molecule has 8 nitrogen and oxygen atoms in total. The molecular formula is C33H35N5O3. The zero-order chi connectivity index (χ0) is 28.9. The number of hydrogen-bond acceptors (Lipinski definition) is 4. The molecule has 2 aliphatic rings. The molecule has 210 valence electrons. The molecule has 8 heteroatoms. The molecule has 41 heavy (non-hydrogen) atoms. The lowest BCUT2D eigenvalue weighted by Crippen LogP contribution is -2.62. The van der Waals surface area contributed by atoms with Gasteiger partial charge in [-0.15, -0.1) is 0 Å². The van der Waals surface area contributed by atoms with E-state index in [-0.39, 0.29) is 35.8 Å². The van der Waals surface area contributed by atoms with Gasteiger partial charge in [-0.2, -0.15) is 0 Å². The Morgan fingerprint density at radius 2 is 1.71 bits per heavy atom. The highest BCUT2D eigenvalue weighted by atomic mass is 16.2. The Balaban J connectivity index is 1.16. The van der Waals surface area contributed by atoms with E-state index in [1.807, 2.05) is 98.2 Å². The Kier molecular flexibility index (Phi) is 6.64. The minimum Gasteiger partial charge on any atom is -0.351 e. The number of nitrogens with zero attached hydrogens (tertiary/aromatic N) is 3. The fraction of sp³-hybridized carbons (Fsp3) is 0.333. The van der Waals surface area contributed by atoms with E-state index in [1.165, 1.54) is 0 Å². The highest BCUT2D eigenvalue weighted by molar-refractivity contribution is 6.00. The molecule has 0 aliphatic carbocycles. The SMILES string of the molecule is C[C@H]1C2CC(CN2C(=O)c2ccc(-c3ccccc3)cn2)N1C(=O)[C@@H](NC(=O)c1cc2ccccc2[nH]1)C(C)(C)C. The van der Waals surface area contributed by atoms with E-state index < -0.39 is 11.5 Å².